The van der Waals surface area contributed by atoms with Crippen molar-refractivity contribution in [1.29, 1.82) is 0 Å². The van der Waals surface area contributed by atoms with Gasteiger partial charge in [0.05, 0.1) is 7.11 Å². The van der Waals surface area contributed by atoms with E-state index in [1.165, 1.54) is 36.8 Å². The van der Waals surface area contributed by atoms with Crippen LogP contribution in [-0.4, -0.2) is 19.7 Å². The van der Waals surface area contributed by atoms with E-state index in [9.17, 15) is 0 Å². The summed E-state index contributed by atoms with van der Waals surface area (Å²) in [4.78, 5) is 0. The van der Waals surface area contributed by atoms with Crippen molar-refractivity contribution >= 4 is 0 Å². The standard InChI is InChI=1S/C19H31NO/c1-6-7-16-11-19(12-16,13-20-14(2)3)17-9-8-15(4)18(10-17)21-5/h8-10,14,16,20H,6-7,11-13H2,1-5H3. The smallest absolute Gasteiger partial charge is 0.122 e. The lowest BCUT2D eigenvalue weighted by Gasteiger charge is -2.49. The van der Waals surface area contributed by atoms with Crippen LogP contribution < -0.4 is 10.1 Å². The van der Waals surface area contributed by atoms with Crippen molar-refractivity contribution in [2.24, 2.45) is 5.92 Å². The molecule has 0 aromatic heterocycles. The molecule has 0 spiro atoms. The number of rotatable bonds is 7. The van der Waals surface area contributed by atoms with Crippen molar-refractivity contribution in [3.05, 3.63) is 29.3 Å². The van der Waals surface area contributed by atoms with Crippen molar-refractivity contribution in [1.82, 2.24) is 5.32 Å². The first-order chi connectivity index (χ1) is 10.0. The summed E-state index contributed by atoms with van der Waals surface area (Å²) >= 11 is 0. The third-order valence-corrected chi connectivity index (χ3v) is 4.92. The quantitative estimate of drug-likeness (QED) is 0.800. The maximum Gasteiger partial charge on any atom is 0.122 e. The Kier molecular flexibility index (Phi) is 5.32. The molecule has 0 heterocycles. The molecule has 0 saturated heterocycles. The summed E-state index contributed by atoms with van der Waals surface area (Å²) in [6, 6.07) is 7.32. The number of aryl methyl sites for hydroxylation is 1. The Morgan fingerprint density at radius 3 is 2.62 bits per heavy atom. The van der Waals surface area contributed by atoms with Crippen LogP contribution in [0.25, 0.3) is 0 Å². The van der Waals surface area contributed by atoms with E-state index in [1.807, 2.05) is 0 Å². The summed E-state index contributed by atoms with van der Waals surface area (Å²) in [7, 11) is 1.77. The minimum absolute atomic E-state index is 0.311. The van der Waals surface area contributed by atoms with Gasteiger partial charge in [-0.15, -0.1) is 0 Å². The molecule has 0 aliphatic heterocycles. The van der Waals surface area contributed by atoms with Gasteiger partial charge in [0.1, 0.15) is 5.75 Å². The molecule has 0 amide bonds. The van der Waals surface area contributed by atoms with Gasteiger partial charge in [-0.2, -0.15) is 0 Å². The van der Waals surface area contributed by atoms with Crippen LogP contribution in [0.1, 0.15) is 57.6 Å². The molecule has 0 atom stereocenters. The van der Waals surface area contributed by atoms with E-state index in [4.69, 9.17) is 4.74 Å². The van der Waals surface area contributed by atoms with Gasteiger partial charge < -0.3 is 10.1 Å². The first kappa shape index (κ1) is 16.4. The van der Waals surface area contributed by atoms with Gasteiger partial charge in [-0.1, -0.05) is 45.7 Å². The highest BCUT2D eigenvalue weighted by atomic mass is 16.5. The predicted molar refractivity (Wildman–Crippen MR) is 90.2 cm³/mol. The first-order valence-electron chi connectivity index (χ1n) is 8.39. The van der Waals surface area contributed by atoms with E-state index in [-0.39, 0.29) is 0 Å². The SMILES string of the molecule is CCCC1CC(CNC(C)C)(c2ccc(C)c(OC)c2)C1. The second kappa shape index (κ2) is 6.83. The Morgan fingerprint density at radius 1 is 1.33 bits per heavy atom. The summed E-state index contributed by atoms with van der Waals surface area (Å²) in [6.45, 7) is 9.94. The van der Waals surface area contributed by atoms with Crippen LogP contribution in [0.2, 0.25) is 0 Å². The Hall–Kier alpha value is -1.02. The molecule has 1 saturated carbocycles. The second-order valence-corrected chi connectivity index (χ2v) is 7.06. The lowest BCUT2D eigenvalue weighted by molar-refractivity contribution is 0.126. The molecule has 0 bridgehead atoms. The monoisotopic (exact) mass is 289 g/mol. The summed E-state index contributed by atoms with van der Waals surface area (Å²) in [5, 5.41) is 3.66. The van der Waals surface area contributed by atoms with Crippen molar-refractivity contribution in [3.8, 4) is 5.75 Å². The fourth-order valence-corrected chi connectivity index (χ4v) is 3.69. The average molecular weight is 289 g/mol. The third kappa shape index (κ3) is 3.60. The molecule has 21 heavy (non-hydrogen) atoms. The molecular weight excluding hydrogens is 258 g/mol. The van der Waals surface area contributed by atoms with E-state index in [0.717, 1.165) is 18.2 Å². The zero-order valence-electron chi connectivity index (χ0n) is 14.3. The summed E-state index contributed by atoms with van der Waals surface area (Å²) in [5.74, 6) is 1.92. The number of ether oxygens (including phenoxy) is 1. The zero-order chi connectivity index (χ0) is 15.5. The molecule has 118 valence electrons. The van der Waals surface area contributed by atoms with Gasteiger partial charge in [0.15, 0.2) is 0 Å². The lowest BCUT2D eigenvalue weighted by atomic mass is 9.57. The van der Waals surface area contributed by atoms with Gasteiger partial charge in [0, 0.05) is 18.0 Å². The summed E-state index contributed by atoms with van der Waals surface area (Å²) < 4.78 is 5.53. The van der Waals surface area contributed by atoms with E-state index in [1.54, 1.807) is 7.11 Å². The van der Waals surface area contributed by atoms with Crippen LogP contribution >= 0.6 is 0 Å². The van der Waals surface area contributed by atoms with Gasteiger partial charge in [0.25, 0.3) is 0 Å². The van der Waals surface area contributed by atoms with Crippen molar-refractivity contribution in [2.75, 3.05) is 13.7 Å². The molecule has 2 heteroatoms. The topological polar surface area (TPSA) is 21.3 Å². The number of nitrogens with one attached hydrogen (secondary N) is 1. The molecule has 0 radical (unpaired) electrons. The average Bonchev–Trinajstić information content (AvgIpc) is 2.42. The second-order valence-electron chi connectivity index (χ2n) is 7.06. The van der Waals surface area contributed by atoms with Gasteiger partial charge in [0.2, 0.25) is 0 Å². The predicted octanol–water partition coefficient (Wildman–Crippen LogP) is 4.45. The Bertz CT molecular complexity index is 461. The van der Waals surface area contributed by atoms with Crippen LogP contribution in [0, 0.1) is 12.8 Å². The molecule has 1 aromatic rings. The highest BCUT2D eigenvalue weighted by molar-refractivity contribution is 5.41. The molecule has 2 nitrogen and oxygen atoms in total. The number of methoxy groups -OCH3 is 1. The number of hydrogen-bond acceptors (Lipinski definition) is 2. The highest BCUT2D eigenvalue weighted by Crippen LogP contribution is 2.50. The van der Waals surface area contributed by atoms with Crippen LogP contribution in [-0.2, 0) is 5.41 Å². The van der Waals surface area contributed by atoms with E-state index in [0.29, 0.717) is 11.5 Å². The Labute approximate surface area is 130 Å². The van der Waals surface area contributed by atoms with E-state index in [2.05, 4.69) is 51.2 Å². The largest absolute Gasteiger partial charge is 0.496 e. The van der Waals surface area contributed by atoms with Gasteiger partial charge in [-0.3, -0.25) is 0 Å². The van der Waals surface area contributed by atoms with Crippen LogP contribution in [0.4, 0.5) is 0 Å². The van der Waals surface area contributed by atoms with Gasteiger partial charge >= 0.3 is 0 Å². The summed E-state index contributed by atoms with van der Waals surface area (Å²) in [6.07, 6.45) is 5.29. The zero-order valence-corrected chi connectivity index (χ0v) is 14.3. The minimum atomic E-state index is 0.311. The normalized spacial score (nSPS) is 25.0. The molecule has 1 N–H and O–H groups in total. The van der Waals surface area contributed by atoms with Crippen LogP contribution in [0.15, 0.2) is 18.2 Å². The molecule has 2 rings (SSSR count). The van der Waals surface area contributed by atoms with Crippen molar-refractivity contribution < 1.29 is 4.74 Å². The molecule has 1 aromatic carbocycles. The van der Waals surface area contributed by atoms with Crippen molar-refractivity contribution in [3.63, 3.8) is 0 Å². The van der Waals surface area contributed by atoms with Crippen LogP contribution in [0.3, 0.4) is 0 Å². The molecule has 1 aliphatic carbocycles. The molecule has 1 aliphatic rings. The summed E-state index contributed by atoms with van der Waals surface area (Å²) in [5.41, 5.74) is 2.98. The van der Waals surface area contributed by atoms with E-state index >= 15 is 0 Å². The molecule has 0 unspecified atom stereocenters. The van der Waals surface area contributed by atoms with Crippen molar-refractivity contribution in [2.45, 2.75) is 64.8 Å². The number of hydrogen-bond donors (Lipinski definition) is 1. The molecular formula is C19H31NO. The fraction of sp³-hybridized carbons (Fsp3) is 0.684. The number of benzene rings is 1. The Balaban J connectivity index is 2.20. The maximum atomic E-state index is 5.53. The van der Waals surface area contributed by atoms with Gasteiger partial charge in [-0.05, 0) is 42.9 Å². The van der Waals surface area contributed by atoms with Gasteiger partial charge in [-0.25, -0.2) is 0 Å². The third-order valence-electron chi connectivity index (χ3n) is 4.92. The molecule has 1 fully saturated rings. The fourth-order valence-electron chi connectivity index (χ4n) is 3.69. The lowest BCUT2D eigenvalue weighted by Crippen LogP contribution is -2.49. The Morgan fingerprint density at radius 2 is 2.05 bits per heavy atom. The maximum absolute atomic E-state index is 5.53. The van der Waals surface area contributed by atoms with Crippen LogP contribution in [0.5, 0.6) is 5.75 Å². The minimum Gasteiger partial charge on any atom is -0.496 e. The van der Waals surface area contributed by atoms with E-state index < -0.39 is 0 Å². The first-order valence-corrected chi connectivity index (χ1v) is 8.39. The highest BCUT2D eigenvalue weighted by Gasteiger charge is 2.44.